The zero-order valence-corrected chi connectivity index (χ0v) is 13.5. The number of likely N-dealkylation sites (N-methyl/N-ethyl adjacent to an activating group) is 1. The van der Waals surface area contributed by atoms with E-state index in [1.54, 1.807) is 0 Å². The molecule has 19 heavy (non-hydrogen) atoms. The monoisotopic (exact) mass is 281 g/mol. The summed E-state index contributed by atoms with van der Waals surface area (Å²) < 4.78 is 6.47. The molecular formula is C16H24ClNO. The van der Waals surface area contributed by atoms with E-state index in [-0.39, 0.29) is 17.9 Å². The van der Waals surface area contributed by atoms with E-state index in [1.165, 1.54) is 16.8 Å². The third kappa shape index (κ3) is 2.52. The van der Waals surface area contributed by atoms with Crippen molar-refractivity contribution in [2.45, 2.75) is 33.2 Å². The Morgan fingerprint density at radius 3 is 2.42 bits per heavy atom. The van der Waals surface area contributed by atoms with Crippen molar-refractivity contribution in [3.05, 3.63) is 29.8 Å². The Labute approximate surface area is 123 Å². The highest BCUT2D eigenvalue weighted by Gasteiger charge is 2.41. The largest absolute Gasteiger partial charge is 1.00 e. The molecule has 1 aromatic carbocycles. The van der Waals surface area contributed by atoms with E-state index in [9.17, 15) is 0 Å². The topological polar surface area (TPSA) is 9.23 Å². The molecule has 0 amide bonds. The average Bonchev–Trinajstić information content (AvgIpc) is 2.27. The minimum Gasteiger partial charge on any atom is -1.00 e. The van der Waals surface area contributed by atoms with Gasteiger partial charge in [-0.3, -0.25) is 4.48 Å². The molecule has 0 radical (unpaired) electrons. The van der Waals surface area contributed by atoms with Gasteiger partial charge < -0.3 is 17.1 Å². The SMILES string of the molecule is CCOc1ccc2c(c1)C(C)=CC(C)(C)[N+]2(C)C.[Cl-]. The second-order valence-electron chi connectivity index (χ2n) is 6.05. The Kier molecular flexibility index (Phi) is 4.38. The van der Waals surface area contributed by atoms with Crippen LogP contribution in [-0.2, 0) is 0 Å². The summed E-state index contributed by atoms with van der Waals surface area (Å²) in [4.78, 5) is 0. The van der Waals surface area contributed by atoms with Gasteiger partial charge in [0.05, 0.1) is 20.7 Å². The second-order valence-corrected chi connectivity index (χ2v) is 6.05. The lowest BCUT2D eigenvalue weighted by atomic mass is 9.87. The molecule has 0 N–H and O–H groups in total. The number of allylic oxidation sites excluding steroid dienone is 1. The van der Waals surface area contributed by atoms with Gasteiger partial charge in [-0.25, -0.2) is 0 Å². The first-order valence-electron chi connectivity index (χ1n) is 6.61. The molecule has 0 spiro atoms. The summed E-state index contributed by atoms with van der Waals surface area (Å²) >= 11 is 0. The van der Waals surface area contributed by atoms with E-state index < -0.39 is 0 Å². The lowest BCUT2D eigenvalue weighted by Gasteiger charge is -2.46. The number of nitrogens with zero attached hydrogens (tertiary/aromatic N) is 1. The van der Waals surface area contributed by atoms with Crippen molar-refractivity contribution in [2.75, 3.05) is 20.7 Å². The zero-order valence-electron chi connectivity index (χ0n) is 12.7. The molecule has 0 saturated carbocycles. The smallest absolute Gasteiger partial charge is 0.140 e. The molecule has 0 bridgehead atoms. The molecule has 0 aromatic heterocycles. The predicted octanol–water partition coefficient (Wildman–Crippen LogP) is 0.852. The van der Waals surface area contributed by atoms with Crippen molar-refractivity contribution in [3.8, 4) is 5.75 Å². The van der Waals surface area contributed by atoms with E-state index in [2.05, 4.69) is 59.1 Å². The number of halogens is 1. The lowest BCUT2D eigenvalue weighted by molar-refractivity contribution is -0.00000466. The van der Waals surface area contributed by atoms with Crippen LogP contribution in [0.1, 0.15) is 33.3 Å². The molecule has 0 atom stereocenters. The first-order valence-corrected chi connectivity index (χ1v) is 6.61. The first kappa shape index (κ1) is 16.1. The number of benzene rings is 1. The summed E-state index contributed by atoms with van der Waals surface area (Å²) in [6.07, 6.45) is 2.37. The van der Waals surface area contributed by atoms with Crippen LogP contribution in [0.2, 0.25) is 0 Å². The normalized spacial score (nSPS) is 18.9. The van der Waals surface area contributed by atoms with Gasteiger partial charge in [0, 0.05) is 11.6 Å². The molecular weight excluding hydrogens is 258 g/mol. The zero-order chi connectivity index (χ0) is 13.6. The fourth-order valence-corrected chi connectivity index (χ4v) is 2.65. The highest BCUT2D eigenvalue weighted by atomic mass is 35.5. The van der Waals surface area contributed by atoms with Crippen molar-refractivity contribution >= 4 is 11.3 Å². The van der Waals surface area contributed by atoms with Crippen molar-refractivity contribution in [2.24, 2.45) is 0 Å². The summed E-state index contributed by atoms with van der Waals surface area (Å²) in [5.41, 5.74) is 4.13. The number of fused-ring (bicyclic) bond motifs is 1. The summed E-state index contributed by atoms with van der Waals surface area (Å²) in [5.74, 6) is 0.962. The molecule has 2 nitrogen and oxygen atoms in total. The molecule has 2 rings (SSSR count). The Morgan fingerprint density at radius 1 is 1.21 bits per heavy atom. The Morgan fingerprint density at radius 2 is 1.84 bits per heavy atom. The highest BCUT2D eigenvalue weighted by molar-refractivity contribution is 5.80. The molecule has 1 aliphatic heterocycles. The standard InChI is InChI=1S/C16H24NO.ClH/c1-7-18-13-8-9-15-14(10-13)12(2)11-16(3,4)17(15,5)6;/h8-11H,7H2,1-6H3;1H/q+1;/p-1. The van der Waals surface area contributed by atoms with Crippen molar-refractivity contribution in [1.82, 2.24) is 4.48 Å². The summed E-state index contributed by atoms with van der Waals surface area (Å²) in [6, 6.07) is 6.45. The maximum Gasteiger partial charge on any atom is 0.140 e. The van der Waals surface area contributed by atoms with Crippen LogP contribution in [0.3, 0.4) is 0 Å². The van der Waals surface area contributed by atoms with Gasteiger partial charge >= 0.3 is 0 Å². The molecule has 0 fully saturated rings. The van der Waals surface area contributed by atoms with Gasteiger partial charge in [-0.05, 0) is 51.5 Å². The van der Waals surface area contributed by atoms with Crippen molar-refractivity contribution in [1.29, 1.82) is 0 Å². The third-order valence-corrected chi connectivity index (χ3v) is 4.32. The van der Waals surface area contributed by atoms with E-state index in [1.807, 2.05) is 6.92 Å². The maximum atomic E-state index is 5.61. The van der Waals surface area contributed by atoms with Gasteiger partial charge in [0.15, 0.2) is 0 Å². The summed E-state index contributed by atoms with van der Waals surface area (Å²) in [5, 5.41) is 0. The van der Waals surface area contributed by atoms with Crippen LogP contribution in [0, 0.1) is 0 Å². The van der Waals surface area contributed by atoms with Crippen LogP contribution in [0.4, 0.5) is 5.69 Å². The Bertz CT molecular complexity index is 503. The molecule has 106 valence electrons. The van der Waals surface area contributed by atoms with E-state index in [0.717, 1.165) is 10.2 Å². The third-order valence-electron chi connectivity index (χ3n) is 4.32. The Hall–Kier alpha value is -0.990. The second kappa shape index (κ2) is 5.18. The summed E-state index contributed by atoms with van der Waals surface area (Å²) in [6.45, 7) is 9.50. The number of hydrogen-bond acceptors (Lipinski definition) is 1. The number of quaternary nitrogens is 1. The van der Waals surface area contributed by atoms with Crippen LogP contribution >= 0.6 is 0 Å². The molecule has 1 aliphatic rings. The lowest BCUT2D eigenvalue weighted by Crippen LogP contribution is -3.00. The van der Waals surface area contributed by atoms with Crippen LogP contribution in [0.25, 0.3) is 5.57 Å². The van der Waals surface area contributed by atoms with Gasteiger partial charge in [0.1, 0.15) is 17.0 Å². The molecule has 0 aliphatic carbocycles. The molecule has 0 unspecified atom stereocenters. The molecule has 1 heterocycles. The van der Waals surface area contributed by atoms with E-state index >= 15 is 0 Å². The van der Waals surface area contributed by atoms with Crippen molar-refractivity contribution in [3.63, 3.8) is 0 Å². The maximum absolute atomic E-state index is 5.61. The van der Waals surface area contributed by atoms with Gasteiger partial charge in [0.25, 0.3) is 0 Å². The van der Waals surface area contributed by atoms with Gasteiger partial charge in [0.2, 0.25) is 0 Å². The number of ether oxygens (including phenoxy) is 1. The van der Waals surface area contributed by atoms with Crippen LogP contribution in [0.15, 0.2) is 24.3 Å². The minimum absolute atomic E-state index is 0. The van der Waals surface area contributed by atoms with E-state index in [4.69, 9.17) is 4.74 Å². The quantitative estimate of drug-likeness (QED) is 0.731. The van der Waals surface area contributed by atoms with E-state index in [0.29, 0.717) is 6.61 Å². The number of hydrogen-bond donors (Lipinski definition) is 0. The Balaban J connectivity index is 0.00000180. The molecule has 0 saturated heterocycles. The molecule has 1 aromatic rings. The first-order chi connectivity index (χ1) is 8.29. The van der Waals surface area contributed by atoms with Crippen LogP contribution in [-0.4, -0.2) is 26.2 Å². The minimum atomic E-state index is 0. The number of rotatable bonds is 2. The molecule has 3 heteroatoms. The fourth-order valence-electron chi connectivity index (χ4n) is 2.65. The fraction of sp³-hybridized carbons (Fsp3) is 0.500. The van der Waals surface area contributed by atoms with Crippen LogP contribution < -0.4 is 21.6 Å². The summed E-state index contributed by atoms with van der Waals surface area (Å²) in [7, 11) is 4.53. The predicted molar refractivity (Wildman–Crippen MR) is 79.0 cm³/mol. The van der Waals surface area contributed by atoms with Gasteiger partial charge in [-0.1, -0.05) is 0 Å². The van der Waals surface area contributed by atoms with Crippen LogP contribution in [0.5, 0.6) is 5.75 Å². The average molecular weight is 282 g/mol. The van der Waals surface area contributed by atoms with Gasteiger partial charge in [-0.15, -0.1) is 0 Å². The van der Waals surface area contributed by atoms with Crippen molar-refractivity contribution < 1.29 is 17.1 Å². The van der Waals surface area contributed by atoms with Gasteiger partial charge in [-0.2, -0.15) is 0 Å². The highest BCUT2D eigenvalue weighted by Crippen LogP contribution is 2.43.